The average Bonchev–Trinajstić information content (AvgIpc) is 2.47. The third-order valence-electron chi connectivity index (χ3n) is 2.74. The molecule has 20 heavy (non-hydrogen) atoms. The largest absolute Gasteiger partial charge is 0.256 e. The Morgan fingerprint density at radius 1 is 1.20 bits per heavy atom. The minimum absolute atomic E-state index is 0.0206. The van der Waals surface area contributed by atoms with Crippen LogP contribution in [-0.4, -0.2) is 24.1 Å². The fraction of sp³-hybridized carbons (Fsp3) is 0.214. The maximum atomic E-state index is 12.4. The molecule has 0 aliphatic carbocycles. The number of hydrogen-bond donors (Lipinski definition) is 0. The van der Waals surface area contributed by atoms with E-state index in [1.807, 2.05) is 6.07 Å². The molecular formula is C14H13N3O2S. The summed E-state index contributed by atoms with van der Waals surface area (Å²) in [5, 5.41) is 9.12. The maximum Gasteiger partial charge on any atom is 0.181 e. The van der Waals surface area contributed by atoms with E-state index in [2.05, 4.69) is 9.97 Å². The number of nitriles is 1. The highest BCUT2D eigenvalue weighted by molar-refractivity contribution is 7.91. The molecule has 0 atom stereocenters. The van der Waals surface area contributed by atoms with Crippen molar-refractivity contribution in [2.75, 3.05) is 5.75 Å². The quantitative estimate of drug-likeness (QED) is 0.860. The summed E-state index contributed by atoms with van der Waals surface area (Å²) < 4.78 is 24.8. The lowest BCUT2D eigenvalue weighted by Crippen LogP contribution is -2.11. The van der Waals surface area contributed by atoms with Gasteiger partial charge in [0.15, 0.2) is 15.5 Å². The molecule has 6 heteroatoms. The second kappa shape index (κ2) is 5.80. The Labute approximate surface area is 117 Å². The van der Waals surface area contributed by atoms with Crippen molar-refractivity contribution in [3.63, 3.8) is 0 Å². The van der Waals surface area contributed by atoms with Gasteiger partial charge in [-0.15, -0.1) is 0 Å². The van der Waals surface area contributed by atoms with Gasteiger partial charge in [0.1, 0.15) is 11.0 Å². The van der Waals surface area contributed by atoms with Crippen LogP contribution >= 0.6 is 0 Å². The molecule has 2 heterocycles. The third kappa shape index (κ3) is 2.68. The fourth-order valence-corrected chi connectivity index (χ4v) is 3.58. The van der Waals surface area contributed by atoms with Crippen LogP contribution in [0.3, 0.4) is 0 Å². The van der Waals surface area contributed by atoms with Crippen LogP contribution in [-0.2, 0) is 9.84 Å². The van der Waals surface area contributed by atoms with Crippen molar-refractivity contribution in [1.82, 2.24) is 9.97 Å². The van der Waals surface area contributed by atoms with Crippen LogP contribution in [0.4, 0.5) is 0 Å². The van der Waals surface area contributed by atoms with E-state index in [0.29, 0.717) is 17.7 Å². The van der Waals surface area contributed by atoms with Gasteiger partial charge in [-0.2, -0.15) is 5.26 Å². The van der Waals surface area contributed by atoms with E-state index in [0.717, 1.165) is 0 Å². The van der Waals surface area contributed by atoms with Crippen molar-refractivity contribution in [2.24, 2.45) is 0 Å². The highest BCUT2D eigenvalue weighted by Gasteiger charge is 2.24. The van der Waals surface area contributed by atoms with Crippen molar-refractivity contribution in [3.8, 4) is 17.3 Å². The van der Waals surface area contributed by atoms with Crippen molar-refractivity contribution in [2.45, 2.75) is 18.2 Å². The smallest absolute Gasteiger partial charge is 0.181 e. The van der Waals surface area contributed by atoms with E-state index in [4.69, 9.17) is 5.26 Å². The molecule has 2 aromatic heterocycles. The van der Waals surface area contributed by atoms with Crippen LogP contribution in [0.25, 0.3) is 11.3 Å². The van der Waals surface area contributed by atoms with Crippen molar-refractivity contribution in [3.05, 3.63) is 42.4 Å². The molecular weight excluding hydrogens is 274 g/mol. The minimum Gasteiger partial charge on any atom is -0.256 e. The first-order chi connectivity index (χ1) is 9.60. The monoisotopic (exact) mass is 287 g/mol. The topological polar surface area (TPSA) is 83.7 Å². The summed E-state index contributed by atoms with van der Waals surface area (Å²) in [6, 6.07) is 8.65. The van der Waals surface area contributed by atoms with Gasteiger partial charge >= 0.3 is 0 Å². The van der Waals surface area contributed by atoms with Gasteiger partial charge in [0.25, 0.3) is 0 Å². The zero-order valence-electron chi connectivity index (χ0n) is 10.9. The summed E-state index contributed by atoms with van der Waals surface area (Å²) in [5.74, 6) is -0.0206. The lowest BCUT2D eigenvalue weighted by Gasteiger charge is -2.10. The van der Waals surface area contributed by atoms with E-state index >= 15 is 0 Å². The van der Waals surface area contributed by atoms with Gasteiger partial charge < -0.3 is 0 Å². The van der Waals surface area contributed by atoms with E-state index in [1.165, 1.54) is 6.20 Å². The van der Waals surface area contributed by atoms with Gasteiger partial charge in [0.05, 0.1) is 11.4 Å². The number of rotatable bonds is 4. The first-order valence-corrected chi connectivity index (χ1v) is 7.78. The molecule has 0 fully saturated rings. The molecule has 2 aromatic rings. The van der Waals surface area contributed by atoms with Crippen LogP contribution in [0.1, 0.15) is 19.0 Å². The molecule has 0 aromatic carbocycles. The predicted molar refractivity (Wildman–Crippen MR) is 74.5 cm³/mol. The minimum atomic E-state index is -3.56. The second-order valence-electron chi connectivity index (χ2n) is 4.18. The van der Waals surface area contributed by atoms with Crippen LogP contribution in [0.15, 0.2) is 41.6 Å². The normalized spacial score (nSPS) is 11.0. The highest BCUT2D eigenvalue weighted by atomic mass is 32.2. The number of pyridine rings is 2. The summed E-state index contributed by atoms with van der Waals surface area (Å²) >= 11 is 0. The van der Waals surface area contributed by atoms with Crippen molar-refractivity contribution < 1.29 is 8.42 Å². The number of hydrogen-bond acceptors (Lipinski definition) is 5. The zero-order valence-corrected chi connectivity index (χ0v) is 11.8. The average molecular weight is 287 g/mol. The van der Waals surface area contributed by atoms with Gasteiger partial charge in [-0.1, -0.05) is 13.0 Å². The second-order valence-corrected chi connectivity index (χ2v) is 6.23. The van der Waals surface area contributed by atoms with Crippen molar-refractivity contribution >= 4 is 9.84 Å². The van der Waals surface area contributed by atoms with Gasteiger partial charge in [-0.05, 0) is 24.6 Å². The Kier molecular flexibility index (Phi) is 4.11. The first kappa shape index (κ1) is 14.2. The molecule has 2 rings (SSSR count). The van der Waals surface area contributed by atoms with Gasteiger partial charge in [-0.3, -0.25) is 4.98 Å². The Morgan fingerprint density at radius 2 is 2.00 bits per heavy atom. The van der Waals surface area contributed by atoms with E-state index in [-0.39, 0.29) is 16.3 Å². The summed E-state index contributed by atoms with van der Waals surface area (Å²) in [4.78, 5) is 8.00. The molecule has 0 aliphatic rings. The van der Waals surface area contributed by atoms with Gasteiger partial charge in [0.2, 0.25) is 0 Å². The lowest BCUT2D eigenvalue weighted by atomic mass is 10.1. The number of sulfone groups is 1. The summed E-state index contributed by atoms with van der Waals surface area (Å²) in [7, 11) is -3.56. The Balaban J connectivity index is 2.75. The molecule has 0 saturated heterocycles. The molecule has 102 valence electrons. The summed E-state index contributed by atoms with van der Waals surface area (Å²) in [5.41, 5.74) is 0.855. The Hall–Kier alpha value is -2.26. The molecule has 0 radical (unpaired) electrons. The van der Waals surface area contributed by atoms with Crippen LogP contribution in [0, 0.1) is 11.3 Å². The van der Waals surface area contributed by atoms with Crippen LogP contribution in [0.5, 0.6) is 0 Å². The lowest BCUT2D eigenvalue weighted by molar-refractivity contribution is 0.594. The molecule has 0 spiro atoms. The SMILES string of the molecule is CCCS(=O)(=O)c1c(-c2ccccn2)ccnc1C#N. The number of nitrogens with zero attached hydrogens (tertiary/aromatic N) is 3. The molecule has 0 unspecified atom stereocenters. The summed E-state index contributed by atoms with van der Waals surface area (Å²) in [6.45, 7) is 1.78. The Morgan fingerprint density at radius 3 is 2.60 bits per heavy atom. The third-order valence-corrected chi connectivity index (χ3v) is 4.72. The summed E-state index contributed by atoms with van der Waals surface area (Å²) in [6.07, 6.45) is 3.48. The molecule has 0 N–H and O–H groups in total. The van der Waals surface area contributed by atoms with Crippen LogP contribution in [0.2, 0.25) is 0 Å². The van der Waals surface area contributed by atoms with E-state index in [1.54, 1.807) is 37.4 Å². The molecule has 5 nitrogen and oxygen atoms in total. The van der Waals surface area contributed by atoms with E-state index < -0.39 is 9.84 Å². The Bertz CT molecular complexity index is 750. The predicted octanol–water partition coefficient (Wildman–Crippen LogP) is 2.20. The highest BCUT2D eigenvalue weighted by Crippen LogP contribution is 2.28. The van der Waals surface area contributed by atoms with Crippen molar-refractivity contribution in [1.29, 1.82) is 5.26 Å². The van der Waals surface area contributed by atoms with Crippen LogP contribution < -0.4 is 0 Å². The standard InChI is InChI=1S/C14H13N3O2S/c1-2-9-20(18,19)14-11(6-8-17-13(14)10-15)12-5-3-4-7-16-12/h3-8H,2,9H2,1H3. The molecule has 0 aliphatic heterocycles. The van der Waals surface area contributed by atoms with Gasteiger partial charge in [0, 0.05) is 18.0 Å². The molecule has 0 amide bonds. The van der Waals surface area contributed by atoms with E-state index in [9.17, 15) is 8.42 Å². The fourth-order valence-electron chi connectivity index (χ4n) is 1.94. The maximum absolute atomic E-state index is 12.4. The number of aromatic nitrogens is 2. The molecule has 0 saturated carbocycles. The first-order valence-electron chi connectivity index (χ1n) is 6.13. The zero-order chi connectivity index (χ0) is 14.6. The molecule has 0 bridgehead atoms. The van der Waals surface area contributed by atoms with Gasteiger partial charge in [-0.25, -0.2) is 13.4 Å².